The molecule has 1 saturated heterocycles. The van der Waals surface area contributed by atoms with Crippen molar-refractivity contribution in [3.8, 4) is 11.5 Å². The highest BCUT2D eigenvalue weighted by Gasteiger charge is 2.41. The van der Waals surface area contributed by atoms with Crippen molar-refractivity contribution in [1.29, 1.82) is 0 Å². The number of rotatable bonds is 4. The Labute approximate surface area is 169 Å². The number of alkyl halides is 3. The predicted octanol–water partition coefficient (Wildman–Crippen LogP) is 1.46. The highest BCUT2D eigenvalue weighted by molar-refractivity contribution is 6.27. The van der Waals surface area contributed by atoms with Gasteiger partial charge in [0, 0.05) is 13.1 Å². The number of likely N-dealkylation sites (tertiary alicyclic amines) is 1. The van der Waals surface area contributed by atoms with Gasteiger partial charge in [0.2, 0.25) is 12.7 Å². The predicted molar refractivity (Wildman–Crippen MR) is 94.9 cm³/mol. The van der Waals surface area contributed by atoms with Gasteiger partial charge in [0.05, 0.1) is 12.5 Å². The Balaban J connectivity index is 0.000000469. The second-order valence-electron chi connectivity index (χ2n) is 6.69. The van der Waals surface area contributed by atoms with Crippen LogP contribution in [0.2, 0.25) is 0 Å². The smallest absolute Gasteiger partial charge is 0.414 e. The molecule has 0 aliphatic carbocycles. The Morgan fingerprint density at radius 1 is 1.13 bits per heavy atom. The molecule has 3 N–H and O–H groups in total. The Bertz CT molecular complexity index is 774. The molecule has 1 aromatic carbocycles. The highest BCUT2D eigenvalue weighted by Crippen LogP contribution is 2.33. The summed E-state index contributed by atoms with van der Waals surface area (Å²) in [6.07, 6.45) is -3.60. The van der Waals surface area contributed by atoms with Crippen LogP contribution in [0.25, 0.3) is 0 Å². The van der Waals surface area contributed by atoms with Crippen LogP contribution in [0.1, 0.15) is 18.4 Å². The molecule has 1 aromatic rings. The number of hydrogen-bond donors (Lipinski definition) is 3. The first kappa shape index (κ1) is 23.3. The molecule has 12 heteroatoms. The Kier molecular flexibility index (Phi) is 7.86. The summed E-state index contributed by atoms with van der Waals surface area (Å²) in [6, 6.07) is 5.36. The number of benzene rings is 1. The first-order valence-electron chi connectivity index (χ1n) is 8.96. The van der Waals surface area contributed by atoms with Crippen molar-refractivity contribution >= 4 is 17.8 Å². The zero-order chi connectivity index (χ0) is 22.3. The van der Waals surface area contributed by atoms with Crippen LogP contribution in [0.4, 0.5) is 13.2 Å². The third-order valence-electron chi connectivity index (χ3n) is 4.45. The summed E-state index contributed by atoms with van der Waals surface area (Å²) >= 11 is 0. The molecule has 1 fully saturated rings. The molecule has 2 heterocycles. The number of carbonyl (C=O) groups excluding carboxylic acids is 1. The summed E-state index contributed by atoms with van der Waals surface area (Å²) in [5.41, 5.74) is 0.847. The van der Waals surface area contributed by atoms with Gasteiger partial charge in [0.1, 0.15) is 0 Å². The fourth-order valence-corrected chi connectivity index (χ4v) is 2.98. The number of aliphatic carboxylic acids is 2. The van der Waals surface area contributed by atoms with E-state index in [4.69, 9.17) is 29.3 Å². The van der Waals surface area contributed by atoms with Crippen molar-refractivity contribution in [2.24, 2.45) is 5.92 Å². The van der Waals surface area contributed by atoms with Gasteiger partial charge >= 0.3 is 18.1 Å². The van der Waals surface area contributed by atoms with Crippen LogP contribution in [0.5, 0.6) is 11.5 Å². The van der Waals surface area contributed by atoms with Crippen LogP contribution in [0.15, 0.2) is 18.2 Å². The molecule has 0 radical (unpaired) electrons. The van der Waals surface area contributed by atoms with Gasteiger partial charge in [0.25, 0.3) is 0 Å². The van der Waals surface area contributed by atoms with Crippen molar-refractivity contribution in [2.75, 3.05) is 26.4 Å². The maximum absolute atomic E-state index is 12.8. The number of amides is 1. The second-order valence-corrected chi connectivity index (χ2v) is 6.69. The van der Waals surface area contributed by atoms with Crippen LogP contribution in [-0.2, 0) is 20.9 Å². The summed E-state index contributed by atoms with van der Waals surface area (Å²) in [4.78, 5) is 31.7. The first-order valence-corrected chi connectivity index (χ1v) is 8.96. The van der Waals surface area contributed by atoms with E-state index < -0.39 is 24.0 Å². The summed E-state index contributed by atoms with van der Waals surface area (Å²) < 4.78 is 48.8. The van der Waals surface area contributed by atoms with Crippen molar-refractivity contribution in [2.45, 2.75) is 25.6 Å². The summed E-state index contributed by atoms with van der Waals surface area (Å²) in [5, 5.41) is 17.5. The fraction of sp³-hybridized carbons (Fsp3) is 0.500. The lowest BCUT2D eigenvalue weighted by molar-refractivity contribution is -0.187. The highest BCUT2D eigenvalue weighted by atomic mass is 19.4. The van der Waals surface area contributed by atoms with E-state index in [0.717, 1.165) is 5.56 Å². The van der Waals surface area contributed by atoms with Crippen LogP contribution >= 0.6 is 0 Å². The number of ether oxygens (including phenoxy) is 2. The van der Waals surface area contributed by atoms with E-state index in [1.165, 1.54) is 0 Å². The summed E-state index contributed by atoms with van der Waals surface area (Å²) in [5.74, 6) is -3.98. The molecule has 1 unspecified atom stereocenters. The van der Waals surface area contributed by atoms with E-state index in [9.17, 15) is 18.0 Å². The molecule has 9 nitrogen and oxygen atoms in total. The van der Waals surface area contributed by atoms with E-state index in [1.54, 1.807) is 17.0 Å². The molecule has 2 aliphatic rings. The topological polar surface area (TPSA) is 125 Å². The van der Waals surface area contributed by atoms with E-state index >= 15 is 0 Å². The molecule has 0 spiro atoms. The first-order chi connectivity index (χ1) is 14.1. The van der Waals surface area contributed by atoms with Gasteiger partial charge in [-0.25, -0.2) is 9.59 Å². The fourth-order valence-electron chi connectivity index (χ4n) is 2.98. The molecular weight excluding hydrogens is 413 g/mol. The van der Waals surface area contributed by atoms with Gasteiger partial charge in [-0.3, -0.25) is 9.69 Å². The number of carboxylic acids is 2. The minimum absolute atomic E-state index is 0.0167. The number of carboxylic acid groups (broad SMARTS) is 2. The van der Waals surface area contributed by atoms with Crippen molar-refractivity contribution in [3.63, 3.8) is 0 Å². The average Bonchev–Trinajstić information content (AvgIpc) is 3.14. The zero-order valence-corrected chi connectivity index (χ0v) is 15.8. The molecule has 0 aromatic heterocycles. The lowest BCUT2D eigenvalue weighted by Crippen LogP contribution is -2.45. The molecule has 2 aliphatic heterocycles. The molecule has 166 valence electrons. The standard InChI is InChI=1S/C16H19F3N2O3.C2H2O4/c17-16(18,19)12-2-1-5-21(8-12)9-15(22)20-7-11-3-4-13-14(6-11)24-10-23-13;3-1(4)2(5)6/h3-4,6,12H,1-2,5,7-10H2,(H,20,22);(H,3,4)(H,5,6). The largest absolute Gasteiger partial charge is 0.473 e. The Hall–Kier alpha value is -3.02. The molecular formula is C18H21F3N2O7. The number of carbonyl (C=O) groups is 3. The molecule has 0 bridgehead atoms. The van der Waals surface area contributed by atoms with E-state index in [2.05, 4.69) is 5.32 Å². The average molecular weight is 434 g/mol. The lowest BCUT2D eigenvalue weighted by Gasteiger charge is -2.33. The number of piperidine rings is 1. The van der Waals surface area contributed by atoms with Gasteiger partial charge in [-0.05, 0) is 37.1 Å². The van der Waals surface area contributed by atoms with E-state index in [1.807, 2.05) is 6.07 Å². The number of hydrogen-bond acceptors (Lipinski definition) is 6. The van der Waals surface area contributed by atoms with E-state index in [-0.39, 0.29) is 32.2 Å². The quantitative estimate of drug-likeness (QED) is 0.609. The van der Waals surface area contributed by atoms with Gasteiger partial charge in [-0.1, -0.05) is 6.07 Å². The number of fused-ring (bicyclic) bond motifs is 1. The Morgan fingerprint density at radius 2 is 1.80 bits per heavy atom. The minimum Gasteiger partial charge on any atom is -0.473 e. The number of nitrogens with zero attached hydrogens (tertiary/aromatic N) is 1. The molecule has 30 heavy (non-hydrogen) atoms. The van der Waals surface area contributed by atoms with Gasteiger partial charge in [0.15, 0.2) is 11.5 Å². The summed E-state index contributed by atoms with van der Waals surface area (Å²) in [6.45, 7) is 0.870. The Morgan fingerprint density at radius 3 is 2.43 bits per heavy atom. The SMILES string of the molecule is O=C(CN1CCCC(C(F)(F)F)C1)NCc1ccc2c(c1)OCO2.O=C(O)C(=O)O. The van der Waals surface area contributed by atoms with Crippen LogP contribution in [0.3, 0.4) is 0 Å². The second kappa shape index (κ2) is 10.1. The monoisotopic (exact) mass is 434 g/mol. The van der Waals surface area contributed by atoms with Crippen LogP contribution in [-0.4, -0.2) is 65.6 Å². The van der Waals surface area contributed by atoms with Crippen LogP contribution in [0, 0.1) is 5.92 Å². The van der Waals surface area contributed by atoms with Crippen molar-refractivity contribution < 1.29 is 47.2 Å². The molecule has 3 rings (SSSR count). The maximum Gasteiger partial charge on any atom is 0.414 e. The molecule has 0 saturated carbocycles. The maximum atomic E-state index is 12.8. The number of nitrogens with one attached hydrogen (secondary N) is 1. The minimum atomic E-state index is -4.19. The summed E-state index contributed by atoms with van der Waals surface area (Å²) in [7, 11) is 0. The van der Waals surface area contributed by atoms with Crippen LogP contribution < -0.4 is 14.8 Å². The van der Waals surface area contributed by atoms with E-state index in [0.29, 0.717) is 31.0 Å². The molecule has 1 atom stereocenters. The zero-order valence-electron chi connectivity index (χ0n) is 15.8. The lowest BCUT2D eigenvalue weighted by atomic mass is 9.97. The van der Waals surface area contributed by atoms with Gasteiger partial charge in [-0.2, -0.15) is 13.2 Å². The molecule has 1 amide bonds. The normalized spacial score (nSPS) is 18.2. The third kappa shape index (κ3) is 7.10. The number of halogens is 3. The van der Waals surface area contributed by atoms with Crippen molar-refractivity contribution in [3.05, 3.63) is 23.8 Å². The third-order valence-corrected chi connectivity index (χ3v) is 4.45. The van der Waals surface area contributed by atoms with Gasteiger partial charge < -0.3 is 25.0 Å². The van der Waals surface area contributed by atoms with Gasteiger partial charge in [-0.15, -0.1) is 0 Å². The van der Waals surface area contributed by atoms with Crippen molar-refractivity contribution in [1.82, 2.24) is 10.2 Å².